The van der Waals surface area contributed by atoms with Gasteiger partial charge in [0.05, 0.1) is 22.5 Å². The van der Waals surface area contributed by atoms with E-state index < -0.39 is 0 Å². The first kappa shape index (κ1) is 20.6. The second-order valence-corrected chi connectivity index (χ2v) is 7.28. The summed E-state index contributed by atoms with van der Waals surface area (Å²) in [5, 5.41) is 16.2. The summed E-state index contributed by atoms with van der Waals surface area (Å²) in [5.41, 5.74) is 2.74. The maximum absolute atomic E-state index is 8.80. The van der Waals surface area contributed by atoms with Crippen molar-refractivity contribution in [2.45, 2.75) is 0 Å². The Morgan fingerprint density at radius 2 is 1.84 bits per heavy atom. The number of benzene rings is 1. The number of aromatic nitrogens is 5. The first-order valence-electron chi connectivity index (χ1n) is 9.30. The fourth-order valence-electron chi connectivity index (χ4n) is 2.80. The zero-order valence-corrected chi connectivity index (χ0v) is 17.6. The summed E-state index contributed by atoms with van der Waals surface area (Å²) in [6, 6.07) is 12.6. The molecule has 4 aromatic rings. The number of nitriles is 1. The molecule has 3 heterocycles. The van der Waals surface area contributed by atoms with Gasteiger partial charge in [-0.3, -0.25) is 0 Å². The number of aromatic amines is 1. The molecule has 3 aromatic heterocycles. The highest BCUT2D eigenvalue weighted by atomic mass is 35.5. The molecule has 0 spiro atoms. The van der Waals surface area contributed by atoms with Gasteiger partial charge in [-0.15, -0.1) is 0 Å². The molecule has 31 heavy (non-hydrogen) atoms. The third-order valence-corrected chi connectivity index (χ3v) is 4.85. The largest absolute Gasteiger partial charge is 0.368 e. The standard InChI is InChI=1S/C21H16Cl2N8/c22-14-2-3-15(16(23)9-14)18-12-29-20(30-18)17-5-6-26-21(31-17)27-8-7-25-19-4-1-13(10-24)11-28-19/h1-6,9,11-12H,7-8H2,(H,25,28)(H,29,30)(H,26,27,31). The molecule has 0 unspecified atom stereocenters. The molecule has 0 saturated carbocycles. The van der Waals surface area contributed by atoms with Gasteiger partial charge in [0.15, 0.2) is 5.82 Å². The van der Waals surface area contributed by atoms with Crippen LogP contribution >= 0.6 is 23.2 Å². The highest BCUT2D eigenvalue weighted by molar-refractivity contribution is 6.36. The quantitative estimate of drug-likeness (QED) is 0.351. The monoisotopic (exact) mass is 450 g/mol. The van der Waals surface area contributed by atoms with Crippen molar-refractivity contribution in [2.75, 3.05) is 23.7 Å². The second kappa shape index (κ2) is 9.43. The van der Waals surface area contributed by atoms with E-state index in [9.17, 15) is 0 Å². The minimum atomic E-state index is 0.481. The minimum Gasteiger partial charge on any atom is -0.368 e. The van der Waals surface area contributed by atoms with Gasteiger partial charge in [0, 0.05) is 36.1 Å². The third-order valence-electron chi connectivity index (χ3n) is 4.30. The lowest BCUT2D eigenvalue weighted by atomic mass is 10.2. The van der Waals surface area contributed by atoms with Crippen LogP contribution in [-0.2, 0) is 0 Å². The van der Waals surface area contributed by atoms with Gasteiger partial charge in [-0.2, -0.15) is 5.26 Å². The molecule has 0 radical (unpaired) electrons. The molecular weight excluding hydrogens is 435 g/mol. The number of anilines is 2. The molecule has 0 aliphatic carbocycles. The Labute approximate surface area is 188 Å². The van der Waals surface area contributed by atoms with E-state index in [1.807, 2.05) is 12.1 Å². The van der Waals surface area contributed by atoms with Crippen LogP contribution in [0.25, 0.3) is 22.8 Å². The van der Waals surface area contributed by atoms with E-state index in [0.29, 0.717) is 52.0 Å². The van der Waals surface area contributed by atoms with E-state index in [2.05, 4.69) is 35.6 Å². The summed E-state index contributed by atoms with van der Waals surface area (Å²) in [5.74, 6) is 1.78. The van der Waals surface area contributed by atoms with Crippen LogP contribution in [0.4, 0.5) is 11.8 Å². The lowest BCUT2D eigenvalue weighted by Crippen LogP contribution is -2.15. The van der Waals surface area contributed by atoms with Gasteiger partial charge in [0.1, 0.15) is 17.6 Å². The molecule has 0 aliphatic heterocycles. The van der Waals surface area contributed by atoms with Crippen LogP contribution in [-0.4, -0.2) is 38.0 Å². The Balaban J connectivity index is 1.38. The van der Waals surface area contributed by atoms with Gasteiger partial charge >= 0.3 is 0 Å². The predicted octanol–water partition coefficient (Wildman–Crippen LogP) is 4.63. The van der Waals surface area contributed by atoms with Crippen molar-refractivity contribution in [1.29, 1.82) is 5.26 Å². The number of hydrogen-bond donors (Lipinski definition) is 3. The average Bonchev–Trinajstić information content (AvgIpc) is 3.27. The average molecular weight is 451 g/mol. The molecule has 0 fully saturated rings. The van der Waals surface area contributed by atoms with Crippen LogP contribution in [0.1, 0.15) is 5.56 Å². The Bertz CT molecular complexity index is 1230. The number of halogens is 2. The molecule has 0 aliphatic rings. The number of nitrogens with one attached hydrogen (secondary N) is 3. The van der Waals surface area contributed by atoms with Crippen LogP contribution < -0.4 is 10.6 Å². The molecule has 8 nitrogen and oxygen atoms in total. The summed E-state index contributed by atoms with van der Waals surface area (Å²) in [6.45, 7) is 1.18. The van der Waals surface area contributed by atoms with E-state index in [-0.39, 0.29) is 0 Å². The third kappa shape index (κ3) is 5.09. The van der Waals surface area contributed by atoms with E-state index >= 15 is 0 Å². The lowest BCUT2D eigenvalue weighted by Gasteiger charge is -2.07. The molecule has 0 amide bonds. The van der Waals surface area contributed by atoms with Crippen molar-refractivity contribution in [3.63, 3.8) is 0 Å². The Hall–Kier alpha value is -3.67. The van der Waals surface area contributed by atoms with Crippen molar-refractivity contribution in [1.82, 2.24) is 24.9 Å². The van der Waals surface area contributed by atoms with E-state index in [0.717, 1.165) is 11.3 Å². The normalized spacial score (nSPS) is 10.5. The van der Waals surface area contributed by atoms with Crippen LogP contribution in [0.5, 0.6) is 0 Å². The van der Waals surface area contributed by atoms with E-state index in [1.165, 1.54) is 6.20 Å². The highest BCUT2D eigenvalue weighted by Crippen LogP contribution is 2.30. The molecule has 0 saturated heterocycles. The van der Waals surface area contributed by atoms with Gasteiger partial charge in [-0.05, 0) is 36.4 Å². The fourth-order valence-corrected chi connectivity index (χ4v) is 3.31. The van der Waals surface area contributed by atoms with Crippen molar-refractivity contribution in [3.8, 4) is 28.8 Å². The molecule has 4 rings (SSSR count). The Kier molecular flexibility index (Phi) is 6.26. The van der Waals surface area contributed by atoms with E-state index in [4.69, 9.17) is 28.5 Å². The SMILES string of the molecule is N#Cc1ccc(NCCNc2nccc(-c3ncc(-c4ccc(Cl)cc4Cl)[nH]3)n2)nc1. The lowest BCUT2D eigenvalue weighted by molar-refractivity contribution is 1.01. The summed E-state index contributed by atoms with van der Waals surface area (Å²) >= 11 is 12.3. The fraction of sp³-hybridized carbons (Fsp3) is 0.0952. The Morgan fingerprint density at radius 3 is 2.61 bits per heavy atom. The second-order valence-electron chi connectivity index (χ2n) is 6.43. The van der Waals surface area contributed by atoms with Gasteiger partial charge in [0.25, 0.3) is 0 Å². The molecule has 0 bridgehead atoms. The molecular formula is C21H16Cl2N8. The van der Waals surface area contributed by atoms with Crippen molar-refractivity contribution >= 4 is 35.0 Å². The molecule has 1 aromatic carbocycles. The zero-order chi connectivity index (χ0) is 21.6. The van der Waals surface area contributed by atoms with Crippen LogP contribution in [0.2, 0.25) is 10.0 Å². The van der Waals surface area contributed by atoms with Crippen molar-refractivity contribution in [2.24, 2.45) is 0 Å². The maximum atomic E-state index is 8.80. The number of hydrogen-bond acceptors (Lipinski definition) is 7. The van der Waals surface area contributed by atoms with Crippen molar-refractivity contribution in [3.05, 3.63) is 70.6 Å². The molecule has 3 N–H and O–H groups in total. The van der Waals surface area contributed by atoms with Gasteiger partial charge in [-0.1, -0.05) is 23.2 Å². The number of imidazole rings is 1. The van der Waals surface area contributed by atoms with E-state index in [1.54, 1.807) is 42.7 Å². The van der Waals surface area contributed by atoms with Gasteiger partial charge in [0.2, 0.25) is 5.95 Å². The molecule has 154 valence electrons. The van der Waals surface area contributed by atoms with Gasteiger partial charge < -0.3 is 15.6 Å². The maximum Gasteiger partial charge on any atom is 0.223 e. The topological polar surface area (TPSA) is 115 Å². The zero-order valence-electron chi connectivity index (χ0n) is 16.1. The summed E-state index contributed by atoms with van der Waals surface area (Å²) in [4.78, 5) is 20.6. The number of H-pyrrole nitrogens is 1. The Morgan fingerprint density at radius 1 is 0.968 bits per heavy atom. The smallest absolute Gasteiger partial charge is 0.223 e. The number of nitrogens with zero attached hydrogens (tertiary/aromatic N) is 5. The first-order valence-corrected chi connectivity index (χ1v) is 10.1. The van der Waals surface area contributed by atoms with Crippen LogP contribution in [0, 0.1) is 11.3 Å². The van der Waals surface area contributed by atoms with Crippen LogP contribution in [0.15, 0.2) is 55.0 Å². The summed E-state index contributed by atoms with van der Waals surface area (Å²) in [7, 11) is 0. The minimum absolute atomic E-state index is 0.481. The molecule has 10 heteroatoms. The predicted molar refractivity (Wildman–Crippen MR) is 121 cm³/mol. The van der Waals surface area contributed by atoms with Crippen LogP contribution in [0.3, 0.4) is 0 Å². The first-order chi connectivity index (χ1) is 15.1. The molecule has 0 atom stereocenters. The summed E-state index contributed by atoms with van der Waals surface area (Å²) < 4.78 is 0. The van der Waals surface area contributed by atoms with Gasteiger partial charge in [-0.25, -0.2) is 19.9 Å². The summed E-state index contributed by atoms with van der Waals surface area (Å²) in [6.07, 6.45) is 4.89. The highest BCUT2D eigenvalue weighted by Gasteiger charge is 2.11. The number of pyridine rings is 1. The number of rotatable bonds is 7. The van der Waals surface area contributed by atoms with Crippen molar-refractivity contribution < 1.29 is 0 Å².